The summed E-state index contributed by atoms with van der Waals surface area (Å²) >= 11 is 3.31. The van der Waals surface area contributed by atoms with Gasteiger partial charge in [-0.25, -0.2) is 8.42 Å². The van der Waals surface area contributed by atoms with Crippen molar-refractivity contribution in [3.05, 3.63) is 57.6 Å². The van der Waals surface area contributed by atoms with Crippen LogP contribution >= 0.6 is 15.9 Å². The maximum atomic E-state index is 13.3. The first kappa shape index (κ1) is 20.5. The zero-order valence-corrected chi connectivity index (χ0v) is 17.4. The number of sulfonamides is 1. The Labute approximate surface area is 162 Å². The Bertz CT molecular complexity index is 885. The van der Waals surface area contributed by atoms with Crippen molar-refractivity contribution in [1.29, 1.82) is 0 Å². The van der Waals surface area contributed by atoms with Crippen LogP contribution in [-0.4, -0.2) is 26.0 Å². The maximum absolute atomic E-state index is 13.3. The van der Waals surface area contributed by atoms with Gasteiger partial charge in [0.15, 0.2) is 0 Å². The van der Waals surface area contributed by atoms with Gasteiger partial charge in [-0.15, -0.1) is 0 Å². The number of rotatable bonds is 7. The van der Waals surface area contributed by atoms with Crippen LogP contribution in [0, 0.1) is 20.8 Å². The molecule has 0 aliphatic heterocycles. The Kier molecular flexibility index (Phi) is 6.47. The Morgan fingerprint density at radius 3 is 2.12 bits per heavy atom. The fourth-order valence-corrected chi connectivity index (χ4v) is 4.92. The summed E-state index contributed by atoms with van der Waals surface area (Å²) in [6.07, 6.45) is 0.147. The molecule has 0 unspecified atom stereocenters. The number of carboxylic acid groups (broad SMARTS) is 1. The number of carboxylic acids is 1. The number of aliphatic carboxylic acids is 1. The van der Waals surface area contributed by atoms with E-state index in [0.717, 1.165) is 21.2 Å². The van der Waals surface area contributed by atoms with Gasteiger partial charge in [-0.05, 0) is 62.6 Å². The number of halogens is 1. The molecule has 0 amide bonds. The lowest BCUT2D eigenvalue weighted by Crippen LogP contribution is -2.33. The molecule has 0 saturated heterocycles. The molecular formula is C19H22BrNO4S. The van der Waals surface area contributed by atoms with Gasteiger partial charge >= 0.3 is 5.97 Å². The minimum absolute atomic E-state index is 0.0870. The summed E-state index contributed by atoms with van der Waals surface area (Å²) in [7, 11) is -3.81. The summed E-state index contributed by atoms with van der Waals surface area (Å²) in [5.74, 6) is -0.941. The SMILES string of the molecule is Cc1cc(C)c(N(CCCC(=O)O)S(=O)(=O)c2ccc(Br)cc2)c(C)c1. The largest absolute Gasteiger partial charge is 0.481 e. The number of aryl methyl sites for hydroxylation is 3. The van der Waals surface area contributed by atoms with Crippen molar-refractivity contribution in [2.75, 3.05) is 10.8 Å². The van der Waals surface area contributed by atoms with Gasteiger partial charge in [-0.1, -0.05) is 33.6 Å². The minimum Gasteiger partial charge on any atom is -0.481 e. The second kappa shape index (κ2) is 8.22. The molecule has 2 aromatic rings. The first-order valence-electron chi connectivity index (χ1n) is 8.21. The fraction of sp³-hybridized carbons (Fsp3) is 0.316. The lowest BCUT2D eigenvalue weighted by atomic mass is 10.0. The van der Waals surface area contributed by atoms with Crippen LogP contribution in [-0.2, 0) is 14.8 Å². The van der Waals surface area contributed by atoms with E-state index in [1.165, 1.54) is 4.31 Å². The van der Waals surface area contributed by atoms with E-state index in [-0.39, 0.29) is 24.3 Å². The lowest BCUT2D eigenvalue weighted by Gasteiger charge is -2.28. The van der Waals surface area contributed by atoms with Crippen LogP contribution in [0.25, 0.3) is 0 Å². The molecule has 0 saturated carbocycles. The van der Waals surface area contributed by atoms with Gasteiger partial charge in [-0.2, -0.15) is 0 Å². The third-order valence-electron chi connectivity index (χ3n) is 4.04. The number of nitrogens with zero attached hydrogens (tertiary/aromatic N) is 1. The highest BCUT2D eigenvalue weighted by molar-refractivity contribution is 9.10. The van der Waals surface area contributed by atoms with Gasteiger partial charge in [0.25, 0.3) is 10.0 Å². The minimum atomic E-state index is -3.81. The normalized spacial score (nSPS) is 11.4. The number of benzene rings is 2. The van der Waals surface area contributed by atoms with E-state index in [0.29, 0.717) is 5.69 Å². The zero-order chi connectivity index (χ0) is 19.5. The molecule has 0 aromatic heterocycles. The molecule has 1 N–H and O–H groups in total. The quantitative estimate of drug-likeness (QED) is 0.691. The Morgan fingerprint density at radius 2 is 1.62 bits per heavy atom. The molecule has 2 aromatic carbocycles. The molecule has 0 aliphatic carbocycles. The Hall–Kier alpha value is -1.86. The number of hydrogen-bond donors (Lipinski definition) is 1. The number of anilines is 1. The van der Waals surface area contributed by atoms with Crippen molar-refractivity contribution in [2.24, 2.45) is 0 Å². The monoisotopic (exact) mass is 439 g/mol. The van der Waals surface area contributed by atoms with Gasteiger partial charge in [0.05, 0.1) is 10.6 Å². The highest BCUT2D eigenvalue weighted by atomic mass is 79.9. The van der Waals surface area contributed by atoms with Crippen LogP contribution in [0.4, 0.5) is 5.69 Å². The molecule has 2 rings (SSSR count). The predicted octanol–water partition coefficient (Wildman–Crippen LogP) is 4.43. The molecule has 0 aliphatic rings. The molecule has 5 nitrogen and oxygen atoms in total. The highest BCUT2D eigenvalue weighted by Crippen LogP contribution is 2.32. The maximum Gasteiger partial charge on any atom is 0.303 e. The molecule has 7 heteroatoms. The molecule has 0 heterocycles. The summed E-state index contributed by atoms with van der Waals surface area (Å²) in [5, 5.41) is 8.92. The van der Waals surface area contributed by atoms with Crippen LogP contribution < -0.4 is 4.31 Å². The van der Waals surface area contributed by atoms with E-state index >= 15 is 0 Å². The topological polar surface area (TPSA) is 74.7 Å². The molecule has 0 fully saturated rings. The molecule has 0 radical (unpaired) electrons. The summed E-state index contributed by atoms with van der Waals surface area (Å²) < 4.78 is 28.7. The zero-order valence-electron chi connectivity index (χ0n) is 15.0. The molecule has 0 spiro atoms. The Balaban J connectivity index is 2.54. The van der Waals surface area contributed by atoms with E-state index in [1.54, 1.807) is 24.3 Å². The second-order valence-electron chi connectivity index (χ2n) is 6.28. The van der Waals surface area contributed by atoms with Crippen molar-refractivity contribution in [3.63, 3.8) is 0 Å². The van der Waals surface area contributed by atoms with Gasteiger partial charge in [0.2, 0.25) is 0 Å². The smallest absolute Gasteiger partial charge is 0.303 e. The molecular weight excluding hydrogens is 418 g/mol. The average Bonchev–Trinajstić information content (AvgIpc) is 2.52. The predicted molar refractivity (Wildman–Crippen MR) is 106 cm³/mol. The van der Waals surface area contributed by atoms with Gasteiger partial charge in [0, 0.05) is 17.4 Å². The third-order valence-corrected chi connectivity index (χ3v) is 6.38. The summed E-state index contributed by atoms with van der Waals surface area (Å²) in [6.45, 7) is 5.81. The van der Waals surface area contributed by atoms with Crippen molar-refractivity contribution >= 4 is 37.6 Å². The summed E-state index contributed by atoms with van der Waals surface area (Å²) in [6, 6.07) is 10.3. The van der Waals surface area contributed by atoms with Crippen LogP contribution in [0.15, 0.2) is 45.8 Å². The molecule has 140 valence electrons. The highest BCUT2D eigenvalue weighted by Gasteiger charge is 2.27. The first-order valence-corrected chi connectivity index (χ1v) is 10.4. The summed E-state index contributed by atoms with van der Waals surface area (Å²) in [4.78, 5) is 11.1. The van der Waals surface area contributed by atoms with Crippen LogP contribution in [0.3, 0.4) is 0 Å². The van der Waals surface area contributed by atoms with E-state index in [4.69, 9.17) is 5.11 Å². The molecule has 26 heavy (non-hydrogen) atoms. The number of carbonyl (C=O) groups is 1. The standard InChI is InChI=1S/C19H22BrNO4S/c1-13-11-14(2)19(15(3)12-13)21(10-4-5-18(22)23)26(24,25)17-8-6-16(20)7-9-17/h6-9,11-12H,4-5,10H2,1-3H3,(H,22,23). The van der Waals surface area contributed by atoms with Crippen molar-refractivity contribution in [3.8, 4) is 0 Å². The van der Waals surface area contributed by atoms with E-state index < -0.39 is 16.0 Å². The van der Waals surface area contributed by atoms with Gasteiger partial charge in [0.1, 0.15) is 0 Å². The Morgan fingerprint density at radius 1 is 1.08 bits per heavy atom. The van der Waals surface area contributed by atoms with Crippen LogP contribution in [0.5, 0.6) is 0 Å². The van der Waals surface area contributed by atoms with Crippen LogP contribution in [0.1, 0.15) is 29.5 Å². The fourth-order valence-electron chi connectivity index (χ4n) is 3.03. The molecule has 0 atom stereocenters. The van der Waals surface area contributed by atoms with Crippen molar-refractivity contribution < 1.29 is 18.3 Å². The van der Waals surface area contributed by atoms with E-state index in [1.807, 2.05) is 32.9 Å². The molecule has 0 bridgehead atoms. The van der Waals surface area contributed by atoms with Crippen LogP contribution in [0.2, 0.25) is 0 Å². The average molecular weight is 440 g/mol. The van der Waals surface area contributed by atoms with Crippen molar-refractivity contribution in [1.82, 2.24) is 0 Å². The van der Waals surface area contributed by atoms with Gasteiger partial charge in [-0.3, -0.25) is 9.10 Å². The number of hydrogen-bond acceptors (Lipinski definition) is 3. The van der Waals surface area contributed by atoms with E-state index in [2.05, 4.69) is 15.9 Å². The first-order chi connectivity index (χ1) is 12.1. The second-order valence-corrected chi connectivity index (χ2v) is 9.05. The van der Waals surface area contributed by atoms with Crippen molar-refractivity contribution in [2.45, 2.75) is 38.5 Å². The summed E-state index contributed by atoms with van der Waals surface area (Å²) in [5.41, 5.74) is 3.36. The van der Waals surface area contributed by atoms with E-state index in [9.17, 15) is 13.2 Å². The lowest BCUT2D eigenvalue weighted by molar-refractivity contribution is -0.137. The van der Waals surface area contributed by atoms with Gasteiger partial charge < -0.3 is 5.11 Å². The third kappa shape index (κ3) is 4.65.